The Morgan fingerprint density at radius 2 is 2.00 bits per heavy atom. The first kappa shape index (κ1) is 9.92. The van der Waals surface area contributed by atoms with Gasteiger partial charge in [-0.3, -0.25) is 10.1 Å². The van der Waals surface area contributed by atoms with Crippen molar-refractivity contribution in [2.75, 3.05) is 0 Å². The molecule has 0 aliphatic carbocycles. The standard InChI is InChI=1S/C8H7ClFNO2/c9-7-3-1-6(2-4-7)5-8(10)11(12)13/h1-4,8H,5H2/t8-/m1/s1. The third-order valence-corrected chi connectivity index (χ3v) is 1.80. The van der Waals surface area contributed by atoms with E-state index in [2.05, 4.69) is 0 Å². The fourth-order valence-corrected chi connectivity index (χ4v) is 1.02. The Balaban J connectivity index is 2.64. The first-order valence-electron chi connectivity index (χ1n) is 3.61. The van der Waals surface area contributed by atoms with Crippen molar-refractivity contribution in [2.45, 2.75) is 12.7 Å². The summed E-state index contributed by atoms with van der Waals surface area (Å²) in [6.45, 7) is 0. The highest BCUT2D eigenvalue weighted by Gasteiger charge is 2.17. The Kier molecular flexibility index (Phi) is 3.19. The Labute approximate surface area is 79.3 Å². The van der Waals surface area contributed by atoms with Gasteiger partial charge in [0.15, 0.2) is 0 Å². The molecule has 0 heterocycles. The van der Waals surface area contributed by atoms with E-state index < -0.39 is 11.2 Å². The van der Waals surface area contributed by atoms with E-state index in [0.29, 0.717) is 10.6 Å². The van der Waals surface area contributed by atoms with Gasteiger partial charge in [-0.05, 0) is 17.7 Å². The zero-order valence-corrected chi connectivity index (χ0v) is 7.37. The highest BCUT2D eigenvalue weighted by molar-refractivity contribution is 6.30. The van der Waals surface area contributed by atoms with Crippen molar-refractivity contribution in [3.8, 4) is 0 Å². The van der Waals surface area contributed by atoms with Crippen LogP contribution in [0.1, 0.15) is 5.56 Å². The number of rotatable bonds is 3. The first-order valence-corrected chi connectivity index (χ1v) is 3.99. The molecule has 1 rings (SSSR count). The summed E-state index contributed by atoms with van der Waals surface area (Å²) in [6, 6.07) is 6.28. The van der Waals surface area contributed by atoms with Gasteiger partial charge in [0.05, 0.1) is 11.3 Å². The Morgan fingerprint density at radius 1 is 1.46 bits per heavy atom. The summed E-state index contributed by atoms with van der Waals surface area (Å²) in [5.74, 6) is 0. The summed E-state index contributed by atoms with van der Waals surface area (Å²) in [5, 5.41) is 10.5. The second-order valence-electron chi connectivity index (χ2n) is 2.55. The van der Waals surface area contributed by atoms with E-state index in [1.807, 2.05) is 0 Å². The highest BCUT2D eigenvalue weighted by atomic mass is 35.5. The van der Waals surface area contributed by atoms with Crippen LogP contribution < -0.4 is 0 Å². The molecule has 1 atom stereocenters. The van der Waals surface area contributed by atoms with Gasteiger partial charge in [0.25, 0.3) is 0 Å². The number of nitrogens with zero attached hydrogens (tertiary/aromatic N) is 1. The average Bonchev–Trinajstić information content (AvgIpc) is 2.08. The molecule has 0 aromatic heterocycles. The molecule has 0 amide bonds. The maximum Gasteiger partial charge on any atom is 0.353 e. The molecular formula is C8H7ClFNO2. The smallest absolute Gasteiger partial charge is 0.262 e. The molecule has 3 nitrogen and oxygen atoms in total. The van der Waals surface area contributed by atoms with Crippen LogP contribution in [0, 0.1) is 10.1 Å². The third kappa shape index (κ3) is 2.99. The van der Waals surface area contributed by atoms with Crippen LogP contribution in [0.5, 0.6) is 0 Å². The monoisotopic (exact) mass is 203 g/mol. The van der Waals surface area contributed by atoms with Gasteiger partial charge in [0, 0.05) is 5.02 Å². The second kappa shape index (κ2) is 4.18. The summed E-state index contributed by atoms with van der Waals surface area (Å²) in [6.07, 6.45) is -2.26. The van der Waals surface area contributed by atoms with Crippen LogP contribution in [0.25, 0.3) is 0 Å². The molecule has 1 aromatic carbocycles. The van der Waals surface area contributed by atoms with Crippen molar-refractivity contribution >= 4 is 11.6 Å². The predicted octanol–water partition coefficient (Wildman–Crippen LogP) is 2.45. The molecular weight excluding hydrogens is 197 g/mol. The van der Waals surface area contributed by atoms with Gasteiger partial charge in [0.2, 0.25) is 0 Å². The van der Waals surface area contributed by atoms with Crippen LogP contribution in [-0.4, -0.2) is 11.2 Å². The van der Waals surface area contributed by atoms with Crippen molar-refractivity contribution < 1.29 is 9.31 Å². The lowest BCUT2D eigenvalue weighted by atomic mass is 10.1. The van der Waals surface area contributed by atoms with E-state index >= 15 is 0 Å². The van der Waals surface area contributed by atoms with Crippen LogP contribution in [0.15, 0.2) is 24.3 Å². The third-order valence-electron chi connectivity index (χ3n) is 1.55. The van der Waals surface area contributed by atoms with E-state index in [1.165, 1.54) is 0 Å². The minimum atomic E-state index is -2.04. The second-order valence-corrected chi connectivity index (χ2v) is 2.99. The maximum atomic E-state index is 12.6. The van der Waals surface area contributed by atoms with Gasteiger partial charge < -0.3 is 0 Å². The van der Waals surface area contributed by atoms with Gasteiger partial charge in [-0.25, -0.2) is 0 Å². The molecule has 70 valence electrons. The Hall–Kier alpha value is -1.16. The Morgan fingerprint density at radius 3 is 2.46 bits per heavy atom. The van der Waals surface area contributed by atoms with Gasteiger partial charge in [-0.1, -0.05) is 23.7 Å². The fraction of sp³-hybridized carbons (Fsp3) is 0.250. The molecule has 0 radical (unpaired) electrons. The summed E-state index contributed by atoms with van der Waals surface area (Å²) in [5.41, 5.74) is 0.564. The molecule has 13 heavy (non-hydrogen) atoms. The zero-order chi connectivity index (χ0) is 9.84. The lowest BCUT2D eigenvalue weighted by Crippen LogP contribution is -2.15. The summed E-state index contributed by atoms with van der Waals surface area (Å²) >= 11 is 5.58. The SMILES string of the molecule is O=[N+]([O-])[C@@H](F)Cc1ccc(Cl)cc1. The van der Waals surface area contributed by atoms with Crippen LogP contribution in [0.4, 0.5) is 4.39 Å². The molecule has 0 N–H and O–H groups in total. The zero-order valence-electron chi connectivity index (χ0n) is 6.61. The van der Waals surface area contributed by atoms with Crippen molar-refractivity contribution in [1.29, 1.82) is 0 Å². The molecule has 0 unspecified atom stereocenters. The van der Waals surface area contributed by atoms with E-state index in [1.54, 1.807) is 24.3 Å². The number of benzene rings is 1. The summed E-state index contributed by atoms with van der Waals surface area (Å²) in [4.78, 5) is 9.03. The lowest BCUT2D eigenvalue weighted by molar-refractivity contribution is -0.552. The lowest BCUT2D eigenvalue weighted by Gasteiger charge is -2.00. The van der Waals surface area contributed by atoms with Crippen LogP contribution in [0.2, 0.25) is 5.02 Å². The summed E-state index contributed by atoms with van der Waals surface area (Å²) < 4.78 is 12.6. The quantitative estimate of drug-likeness (QED) is 0.430. The fourth-order valence-electron chi connectivity index (χ4n) is 0.890. The highest BCUT2D eigenvalue weighted by Crippen LogP contribution is 2.12. The Bertz CT molecular complexity index is 302. The molecule has 0 saturated carbocycles. The number of nitro groups is 1. The minimum absolute atomic E-state index is 0.218. The van der Waals surface area contributed by atoms with Crippen LogP contribution in [0.3, 0.4) is 0 Å². The van der Waals surface area contributed by atoms with Gasteiger partial charge in [0.1, 0.15) is 0 Å². The van der Waals surface area contributed by atoms with Gasteiger partial charge in [-0.15, -0.1) is 0 Å². The van der Waals surface area contributed by atoms with E-state index in [0.717, 1.165) is 0 Å². The van der Waals surface area contributed by atoms with Gasteiger partial charge in [-0.2, -0.15) is 4.39 Å². The molecule has 0 aliphatic rings. The molecule has 0 bridgehead atoms. The molecule has 0 saturated heterocycles. The minimum Gasteiger partial charge on any atom is -0.262 e. The topological polar surface area (TPSA) is 43.1 Å². The van der Waals surface area contributed by atoms with Gasteiger partial charge >= 0.3 is 6.30 Å². The normalized spacial score (nSPS) is 12.5. The number of hydrogen-bond donors (Lipinski definition) is 0. The first-order chi connectivity index (χ1) is 6.09. The average molecular weight is 204 g/mol. The molecule has 5 heteroatoms. The largest absolute Gasteiger partial charge is 0.353 e. The number of halogens is 2. The van der Waals surface area contributed by atoms with Crippen molar-refractivity contribution in [1.82, 2.24) is 0 Å². The van der Waals surface area contributed by atoms with E-state index in [4.69, 9.17) is 11.6 Å². The number of alkyl halides is 1. The van der Waals surface area contributed by atoms with E-state index in [9.17, 15) is 14.5 Å². The predicted molar refractivity (Wildman–Crippen MR) is 47.0 cm³/mol. The van der Waals surface area contributed by atoms with Crippen LogP contribution in [-0.2, 0) is 6.42 Å². The molecule has 0 fully saturated rings. The molecule has 0 aliphatic heterocycles. The van der Waals surface area contributed by atoms with Crippen molar-refractivity contribution in [3.05, 3.63) is 45.0 Å². The molecule has 0 spiro atoms. The summed E-state index contributed by atoms with van der Waals surface area (Å²) in [7, 11) is 0. The van der Waals surface area contributed by atoms with Crippen LogP contribution >= 0.6 is 11.6 Å². The molecule has 1 aromatic rings. The number of hydrogen-bond acceptors (Lipinski definition) is 2. The van der Waals surface area contributed by atoms with Crippen molar-refractivity contribution in [3.63, 3.8) is 0 Å². The van der Waals surface area contributed by atoms with Crippen molar-refractivity contribution in [2.24, 2.45) is 0 Å². The maximum absolute atomic E-state index is 12.6. The van der Waals surface area contributed by atoms with E-state index in [-0.39, 0.29) is 6.42 Å².